The van der Waals surface area contributed by atoms with Crippen molar-refractivity contribution in [1.29, 1.82) is 0 Å². The first-order chi connectivity index (χ1) is 23.0. The highest BCUT2D eigenvalue weighted by Gasteiger charge is 2.41. The van der Waals surface area contributed by atoms with Crippen molar-refractivity contribution < 1.29 is 37.0 Å². The van der Waals surface area contributed by atoms with E-state index >= 15 is 0 Å². The molecule has 2 aromatic carbocycles. The molecule has 0 aliphatic carbocycles. The predicted molar refractivity (Wildman–Crippen MR) is 187 cm³/mol. The predicted octanol–water partition coefficient (Wildman–Crippen LogP) is 6.69. The summed E-state index contributed by atoms with van der Waals surface area (Å²) in [5, 5.41) is 0.793. The zero-order valence-corrected chi connectivity index (χ0v) is 30.7. The Morgan fingerprint density at radius 2 is 1.55 bits per heavy atom. The monoisotopic (exact) mass is 755 g/mol. The number of para-hydroxylation sites is 1. The minimum atomic E-state index is -4.06. The van der Waals surface area contributed by atoms with Gasteiger partial charge in [0.15, 0.2) is 0 Å². The lowest BCUT2D eigenvalue weighted by atomic mass is 9.85. The lowest BCUT2D eigenvalue weighted by molar-refractivity contribution is -0.161. The van der Waals surface area contributed by atoms with Crippen LogP contribution in [0, 0.1) is 11.8 Å². The maximum Gasteiger partial charge on any atom is 0.418 e. The van der Waals surface area contributed by atoms with Gasteiger partial charge in [-0.15, -0.1) is 0 Å². The normalized spacial score (nSPS) is 17.0. The van der Waals surface area contributed by atoms with Crippen LogP contribution in [-0.2, 0) is 48.6 Å². The minimum absolute atomic E-state index is 0.123. The van der Waals surface area contributed by atoms with Gasteiger partial charge >= 0.3 is 18.2 Å². The van der Waals surface area contributed by atoms with Crippen molar-refractivity contribution in [2.75, 3.05) is 32.0 Å². The molecule has 1 saturated heterocycles. The van der Waals surface area contributed by atoms with Crippen LogP contribution in [-0.4, -0.2) is 81.7 Å². The summed E-state index contributed by atoms with van der Waals surface area (Å²) in [5.41, 5.74) is 1.84. The van der Waals surface area contributed by atoms with Crippen molar-refractivity contribution in [3.63, 3.8) is 0 Å². The summed E-state index contributed by atoms with van der Waals surface area (Å²) in [7, 11) is -4.06. The second kappa shape index (κ2) is 15.1. The Kier molecular flexibility index (Phi) is 11.4. The molecule has 1 fully saturated rings. The molecule has 1 unspecified atom stereocenters. The second-order valence-corrected chi connectivity index (χ2v) is 17.8. The van der Waals surface area contributed by atoms with E-state index in [9.17, 15) is 22.8 Å². The van der Waals surface area contributed by atoms with E-state index in [1.807, 2.05) is 42.5 Å². The van der Waals surface area contributed by atoms with Crippen LogP contribution in [0.2, 0.25) is 0 Å². The zero-order chi connectivity index (χ0) is 35.6. The fourth-order valence-electron chi connectivity index (χ4n) is 6.34. The van der Waals surface area contributed by atoms with Crippen LogP contribution < -0.4 is 0 Å². The van der Waals surface area contributed by atoms with Crippen molar-refractivity contribution >= 4 is 73.9 Å². The summed E-state index contributed by atoms with van der Waals surface area (Å²) < 4.78 is 45.5. The van der Waals surface area contributed by atoms with E-state index in [2.05, 4.69) is 0 Å². The van der Waals surface area contributed by atoms with E-state index in [0.717, 1.165) is 16.5 Å². The number of amides is 1. The highest BCUT2D eigenvalue weighted by Crippen LogP contribution is 2.35. The van der Waals surface area contributed by atoms with E-state index in [1.54, 1.807) is 37.8 Å². The van der Waals surface area contributed by atoms with E-state index in [4.69, 9.17) is 49.0 Å². The van der Waals surface area contributed by atoms with Crippen LogP contribution in [0.15, 0.2) is 54.6 Å². The van der Waals surface area contributed by atoms with Gasteiger partial charge in [-0.25, -0.2) is 22.6 Å². The third kappa shape index (κ3) is 9.40. The summed E-state index contributed by atoms with van der Waals surface area (Å²) in [6.07, 6.45) is -0.139. The van der Waals surface area contributed by atoms with Gasteiger partial charge in [-0.1, -0.05) is 83.3 Å². The fraction of sp³-hybridized carbons (Fsp3) is 0.500. The Hall–Kier alpha value is -3.03. The van der Waals surface area contributed by atoms with Gasteiger partial charge in [0.25, 0.3) is 0 Å². The molecule has 1 aromatic heterocycles. The smallest absolute Gasteiger partial charge is 0.418 e. The molecule has 3 heterocycles. The number of sulfonamides is 1. The summed E-state index contributed by atoms with van der Waals surface area (Å²) in [4.78, 5) is 41.3. The lowest BCUT2D eigenvalue weighted by Gasteiger charge is -2.36. The molecule has 0 saturated carbocycles. The number of hydrogen-bond acceptors (Lipinski definition) is 8. The van der Waals surface area contributed by atoms with Crippen LogP contribution >= 0.6 is 34.8 Å². The minimum Gasteiger partial charge on any atom is -0.460 e. The highest BCUT2D eigenvalue weighted by molar-refractivity contribution is 7.89. The molecule has 3 aromatic rings. The van der Waals surface area contributed by atoms with Gasteiger partial charge in [0.1, 0.15) is 18.8 Å². The Morgan fingerprint density at radius 1 is 0.898 bits per heavy atom. The number of ether oxygens (including phenoxy) is 3. The maximum absolute atomic E-state index is 14.1. The molecule has 49 heavy (non-hydrogen) atoms. The summed E-state index contributed by atoms with van der Waals surface area (Å²) in [6.45, 7) is 5.47. The van der Waals surface area contributed by atoms with Crippen molar-refractivity contribution in [3.05, 3.63) is 71.4 Å². The number of hydrogen-bond donors (Lipinski definition) is 0. The molecule has 0 radical (unpaired) electrons. The van der Waals surface area contributed by atoms with Crippen molar-refractivity contribution in [1.82, 2.24) is 13.8 Å². The first kappa shape index (κ1) is 37.2. The third-order valence-electron chi connectivity index (χ3n) is 8.63. The maximum atomic E-state index is 14.1. The molecule has 1 amide bonds. The number of piperidine rings is 1. The Morgan fingerprint density at radius 3 is 2.20 bits per heavy atom. The highest BCUT2D eigenvalue weighted by atomic mass is 35.6. The van der Waals surface area contributed by atoms with Crippen LogP contribution in [0.5, 0.6) is 0 Å². The van der Waals surface area contributed by atoms with Gasteiger partial charge in [-0.3, -0.25) is 4.79 Å². The number of esters is 1. The van der Waals surface area contributed by atoms with E-state index in [0.29, 0.717) is 43.6 Å². The topological polar surface area (TPSA) is 124 Å². The summed E-state index contributed by atoms with van der Waals surface area (Å²) >= 11 is 17.4. The Balaban J connectivity index is 1.33. The largest absolute Gasteiger partial charge is 0.460 e. The van der Waals surface area contributed by atoms with Gasteiger partial charge in [0, 0.05) is 30.7 Å². The Labute approximate surface area is 301 Å². The fourth-order valence-corrected chi connectivity index (χ4v) is 8.27. The molecular formula is C34H40Cl3N3O8S. The number of carbonyl (C=O) groups excluding carboxylic acids is 3. The summed E-state index contributed by atoms with van der Waals surface area (Å²) in [5.74, 6) is -2.43. The average molecular weight is 757 g/mol. The summed E-state index contributed by atoms with van der Waals surface area (Å²) in [6, 6.07) is 16.6. The molecule has 0 N–H and O–H groups in total. The number of carbonyl (C=O) groups is 3. The molecule has 0 bridgehead atoms. The zero-order valence-electron chi connectivity index (χ0n) is 27.6. The van der Waals surface area contributed by atoms with Gasteiger partial charge in [-0.2, -0.15) is 4.31 Å². The molecule has 1 atom stereocenters. The number of rotatable bonds is 8. The lowest BCUT2D eigenvalue weighted by Crippen LogP contribution is -2.46. The molecule has 15 heteroatoms. The van der Waals surface area contributed by atoms with E-state index in [-0.39, 0.29) is 25.6 Å². The van der Waals surface area contributed by atoms with Crippen LogP contribution in [0.3, 0.4) is 0 Å². The Bertz CT molecular complexity index is 1780. The quantitative estimate of drug-likeness (QED) is 0.142. The van der Waals surface area contributed by atoms with Crippen molar-refractivity contribution in [3.8, 4) is 0 Å². The number of alkyl halides is 3. The second-order valence-electron chi connectivity index (χ2n) is 13.3. The van der Waals surface area contributed by atoms with Crippen molar-refractivity contribution in [2.24, 2.45) is 11.8 Å². The van der Waals surface area contributed by atoms with Crippen LogP contribution in [0.1, 0.15) is 50.4 Å². The number of likely N-dealkylation sites (tertiary alicyclic amines) is 1. The molecule has 5 rings (SSSR count). The number of halogens is 3. The SMILES string of the molecule is CC(C)(C)OC(=O)C(CS(=O)(=O)N1CCc2c(n(C(=O)OCC(Cl)(Cl)Cl)c3ccccc23)C1)C1CCN(C(=O)OCc2ccccc2)CC1. The van der Waals surface area contributed by atoms with E-state index in [1.165, 1.54) is 8.87 Å². The molecular weight excluding hydrogens is 717 g/mol. The molecule has 266 valence electrons. The van der Waals surface area contributed by atoms with Gasteiger partial charge in [0.05, 0.1) is 23.7 Å². The van der Waals surface area contributed by atoms with E-state index < -0.39 is 55.9 Å². The van der Waals surface area contributed by atoms with Gasteiger partial charge in [-0.05, 0) is 63.1 Å². The molecule has 11 nitrogen and oxygen atoms in total. The first-order valence-corrected chi connectivity index (χ1v) is 18.8. The molecule has 2 aliphatic rings. The van der Waals surface area contributed by atoms with Crippen LogP contribution in [0.4, 0.5) is 9.59 Å². The first-order valence-electron chi connectivity index (χ1n) is 16.0. The number of aromatic nitrogens is 1. The number of nitrogens with zero attached hydrogens (tertiary/aromatic N) is 3. The number of benzene rings is 2. The average Bonchev–Trinajstić information content (AvgIpc) is 3.38. The van der Waals surface area contributed by atoms with Gasteiger partial charge in [0.2, 0.25) is 13.8 Å². The van der Waals surface area contributed by atoms with Crippen molar-refractivity contribution in [2.45, 2.75) is 62.6 Å². The third-order valence-corrected chi connectivity index (χ3v) is 10.8. The van der Waals surface area contributed by atoms with Gasteiger partial charge < -0.3 is 19.1 Å². The molecule has 0 spiro atoms. The standard InChI is InChI=1S/C34H40Cl3N3O8S/c1-33(2,3)48-30(41)27(24-13-16-38(17-14-24)31(42)46-20-23-9-5-4-6-10-23)21-49(44,45)39-18-15-26-25-11-7-8-12-28(25)40(29(26)19-39)32(43)47-22-34(35,36)37/h4-12,24,27H,13-22H2,1-3H3. The number of fused-ring (bicyclic) bond motifs is 3. The molecule has 2 aliphatic heterocycles. The van der Waals surface area contributed by atoms with Crippen LogP contribution in [0.25, 0.3) is 10.9 Å².